The molecule has 0 aliphatic rings. The Hall–Kier alpha value is -2.24. The van der Waals surface area contributed by atoms with E-state index in [9.17, 15) is 9.59 Å². The molecule has 0 bridgehead atoms. The zero-order valence-corrected chi connectivity index (χ0v) is 12.0. The fraction of sp³-hybridized carbons (Fsp3) is 0.429. The lowest BCUT2D eigenvalue weighted by atomic mass is 10.1. The Kier molecular flexibility index (Phi) is 5.83. The van der Waals surface area contributed by atoms with E-state index in [1.54, 1.807) is 13.8 Å². The molecular formula is C14H18O6. The minimum atomic E-state index is -0.564. The number of ether oxygens (including phenoxy) is 4. The molecule has 0 heterocycles. The molecule has 0 unspecified atom stereocenters. The summed E-state index contributed by atoms with van der Waals surface area (Å²) < 4.78 is 20.1. The van der Waals surface area contributed by atoms with Gasteiger partial charge in [0.25, 0.3) is 0 Å². The van der Waals surface area contributed by atoms with E-state index >= 15 is 0 Å². The second-order valence-electron chi connectivity index (χ2n) is 3.69. The Balaban J connectivity index is 3.41. The molecule has 0 radical (unpaired) electrons. The summed E-state index contributed by atoms with van der Waals surface area (Å²) >= 11 is 0. The zero-order chi connectivity index (χ0) is 15.1. The van der Waals surface area contributed by atoms with Crippen molar-refractivity contribution in [1.29, 1.82) is 0 Å². The van der Waals surface area contributed by atoms with Gasteiger partial charge in [-0.3, -0.25) is 0 Å². The molecular weight excluding hydrogens is 264 g/mol. The fourth-order valence-corrected chi connectivity index (χ4v) is 1.65. The fourth-order valence-electron chi connectivity index (χ4n) is 1.65. The average molecular weight is 282 g/mol. The summed E-state index contributed by atoms with van der Waals surface area (Å²) in [4.78, 5) is 23.5. The first-order chi connectivity index (χ1) is 9.58. The molecule has 1 aromatic rings. The third kappa shape index (κ3) is 3.40. The minimum Gasteiger partial charge on any atom is -0.493 e. The van der Waals surface area contributed by atoms with Crippen LogP contribution in [0.25, 0.3) is 0 Å². The smallest absolute Gasteiger partial charge is 0.341 e. The summed E-state index contributed by atoms with van der Waals surface area (Å²) in [6.07, 6.45) is 0. The molecule has 0 atom stereocenters. The molecule has 0 saturated heterocycles. The molecule has 6 heteroatoms. The maximum Gasteiger partial charge on any atom is 0.341 e. The first kappa shape index (κ1) is 15.8. The molecule has 20 heavy (non-hydrogen) atoms. The molecule has 0 N–H and O–H groups in total. The average Bonchev–Trinajstić information content (AvgIpc) is 2.47. The summed E-state index contributed by atoms with van der Waals surface area (Å²) in [5.41, 5.74) is 0.399. The van der Waals surface area contributed by atoms with Gasteiger partial charge in [-0.15, -0.1) is 0 Å². The van der Waals surface area contributed by atoms with Crippen LogP contribution in [0.1, 0.15) is 34.6 Å². The molecule has 0 saturated carbocycles. The highest BCUT2D eigenvalue weighted by Gasteiger charge is 2.22. The molecule has 110 valence electrons. The van der Waals surface area contributed by atoms with Crippen LogP contribution in [0.2, 0.25) is 0 Å². The summed E-state index contributed by atoms with van der Waals surface area (Å²) in [5, 5.41) is 0. The Morgan fingerprint density at radius 1 is 0.850 bits per heavy atom. The van der Waals surface area contributed by atoms with E-state index < -0.39 is 11.9 Å². The van der Waals surface area contributed by atoms with Gasteiger partial charge >= 0.3 is 11.9 Å². The predicted octanol–water partition coefficient (Wildman–Crippen LogP) is 2.06. The van der Waals surface area contributed by atoms with Gasteiger partial charge in [0.15, 0.2) is 0 Å². The largest absolute Gasteiger partial charge is 0.493 e. The lowest BCUT2D eigenvalue weighted by molar-refractivity contribution is 0.0578. The Labute approximate surface area is 117 Å². The van der Waals surface area contributed by atoms with Crippen LogP contribution >= 0.6 is 0 Å². The molecule has 6 nitrogen and oxygen atoms in total. The van der Waals surface area contributed by atoms with Crippen LogP contribution in [0.5, 0.6) is 11.5 Å². The second kappa shape index (κ2) is 7.37. The molecule has 1 rings (SSSR count). The van der Waals surface area contributed by atoms with Crippen molar-refractivity contribution in [1.82, 2.24) is 0 Å². The predicted molar refractivity (Wildman–Crippen MR) is 71.5 cm³/mol. The summed E-state index contributed by atoms with van der Waals surface area (Å²) in [6.45, 7) is 4.24. The van der Waals surface area contributed by atoms with Gasteiger partial charge in [-0.05, 0) is 26.0 Å². The topological polar surface area (TPSA) is 71.1 Å². The zero-order valence-electron chi connectivity index (χ0n) is 12.0. The van der Waals surface area contributed by atoms with Crippen LogP contribution in [0, 0.1) is 0 Å². The lowest BCUT2D eigenvalue weighted by Gasteiger charge is -2.14. The number of esters is 2. The van der Waals surface area contributed by atoms with Crippen molar-refractivity contribution in [3.05, 3.63) is 23.3 Å². The van der Waals surface area contributed by atoms with Crippen molar-refractivity contribution in [2.45, 2.75) is 13.8 Å². The van der Waals surface area contributed by atoms with Crippen LogP contribution in [0.15, 0.2) is 12.1 Å². The van der Waals surface area contributed by atoms with E-state index in [1.807, 2.05) is 0 Å². The number of methoxy groups -OCH3 is 2. The first-order valence-corrected chi connectivity index (χ1v) is 6.19. The molecule has 0 spiro atoms. The molecule has 0 aromatic heterocycles. The van der Waals surface area contributed by atoms with Crippen LogP contribution in [-0.2, 0) is 9.47 Å². The lowest BCUT2D eigenvalue weighted by Crippen LogP contribution is -2.11. The van der Waals surface area contributed by atoms with E-state index in [0.717, 1.165) is 0 Å². The van der Waals surface area contributed by atoms with E-state index in [-0.39, 0.29) is 22.6 Å². The van der Waals surface area contributed by atoms with Crippen molar-refractivity contribution in [3.8, 4) is 11.5 Å². The van der Waals surface area contributed by atoms with Crippen LogP contribution in [0.4, 0.5) is 0 Å². The van der Waals surface area contributed by atoms with E-state index in [1.165, 1.54) is 26.4 Å². The van der Waals surface area contributed by atoms with Gasteiger partial charge < -0.3 is 18.9 Å². The van der Waals surface area contributed by atoms with Gasteiger partial charge in [-0.25, -0.2) is 9.59 Å². The number of carbonyl (C=O) groups is 2. The van der Waals surface area contributed by atoms with Crippen LogP contribution < -0.4 is 9.47 Å². The maximum atomic E-state index is 11.7. The van der Waals surface area contributed by atoms with Crippen molar-refractivity contribution in [2.75, 3.05) is 27.4 Å². The summed E-state index contributed by atoms with van der Waals surface area (Å²) in [5.74, 6) is -0.622. The first-order valence-electron chi connectivity index (χ1n) is 6.19. The van der Waals surface area contributed by atoms with Crippen LogP contribution in [0.3, 0.4) is 0 Å². The standard InChI is InChI=1S/C14H18O6/c1-5-19-11-7-10(14(16)18-4)12(20-6-2)8-9(11)13(15)17-3/h7-8H,5-6H2,1-4H3. The van der Waals surface area contributed by atoms with E-state index in [0.29, 0.717) is 13.2 Å². The van der Waals surface area contributed by atoms with Gasteiger partial charge in [-0.2, -0.15) is 0 Å². The summed E-state index contributed by atoms with van der Waals surface area (Å²) in [7, 11) is 2.54. The van der Waals surface area contributed by atoms with Crippen molar-refractivity contribution in [3.63, 3.8) is 0 Å². The van der Waals surface area contributed by atoms with Crippen molar-refractivity contribution >= 4 is 11.9 Å². The normalized spacial score (nSPS) is 9.80. The Morgan fingerprint density at radius 3 is 1.45 bits per heavy atom. The number of hydrogen-bond donors (Lipinski definition) is 0. The van der Waals surface area contributed by atoms with Gasteiger partial charge in [0.1, 0.15) is 22.6 Å². The monoisotopic (exact) mass is 282 g/mol. The molecule has 0 aliphatic heterocycles. The SMILES string of the molecule is CCOc1cc(C(=O)OC)c(OCC)cc1C(=O)OC. The van der Waals surface area contributed by atoms with Crippen LogP contribution in [-0.4, -0.2) is 39.4 Å². The van der Waals surface area contributed by atoms with Gasteiger partial charge in [-0.1, -0.05) is 0 Å². The maximum absolute atomic E-state index is 11.7. The summed E-state index contributed by atoms with van der Waals surface area (Å²) in [6, 6.07) is 2.85. The van der Waals surface area contributed by atoms with Crippen molar-refractivity contribution in [2.24, 2.45) is 0 Å². The molecule has 1 aromatic carbocycles. The highest BCUT2D eigenvalue weighted by atomic mass is 16.5. The highest BCUT2D eigenvalue weighted by molar-refractivity contribution is 5.98. The number of carbonyl (C=O) groups excluding carboxylic acids is 2. The van der Waals surface area contributed by atoms with Gasteiger partial charge in [0.05, 0.1) is 27.4 Å². The Morgan fingerprint density at radius 2 is 1.20 bits per heavy atom. The molecule has 0 fully saturated rings. The Bertz CT molecular complexity index is 449. The quantitative estimate of drug-likeness (QED) is 0.744. The second-order valence-corrected chi connectivity index (χ2v) is 3.69. The van der Waals surface area contributed by atoms with Gasteiger partial charge in [0, 0.05) is 0 Å². The van der Waals surface area contributed by atoms with Crippen molar-refractivity contribution < 1.29 is 28.5 Å². The van der Waals surface area contributed by atoms with E-state index in [2.05, 4.69) is 0 Å². The van der Waals surface area contributed by atoms with E-state index in [4.69, 9.17) is 18.9 Å². The molecule has 0 aliphatic carbocycles. The third-order valence-electron chi connectivity index (χ3n) is 2.49. The number of hydrogen-bond acceptors (Lipinski definition) is 6. The highest BCUT2D eigenvalue weighted by Crippen LogP contribution is 2.30. The third-order valence-corrected chi connectivity index (χ3v) is 2.49. The number of benzene rings is 1. The number of rotatable bonds is 6. The molecule has 0 amide bonds. The van der Waals surface area contributed by atoms with Gasteiger partial charge in [0.2, 0.25) is 0 Å². The minimum absolute atomic E-state index is 0.199.